The molecular formula is C32H37NO16. The van der Waals surface area contributed by atoms with Crippen molar-refractivity contribution in [3.8, 4) is 11.5 Å². The summed E-state index contributed by atoms with van der Waals surface area (Å²) < 4.78 is 50.3. The van der Waals surface area contributed by atoms with Crippen molar-refractivity contribution in [2.24, 2.45) is 0 Å². The molecule has 0 saturated carbocycles. The van der Waals surface area contributed by atoms with Gasteiger partial charge in [0.1, 0.15) is 24.6 Å². The van der Waals surface area contributed by atoms with Crippen molar-refractivity contribution in [3.05, 3.63) is 23.3 Å². The molecule has 0 N–H and O–H groups in total. The lowest BCUT2D eigenvalue weighted by atomic mass is 9.86. The fraction of sp³-hybridized carbons (Fsp3) is 0.594. The zero-order valence-electron chi connectivity index (χ0n) is 27.5. The average Bonchev–Trinajstić information content (AvgIpc) is 3.39. The molecule has 2 saturated heterocycles. The highest BCUT2D eigenvalue weighted by molar-refractivity contribution is 5.91. The van der Waals surface area contributed by atoms with E-state index in [1.165, 1.54) is 4.90 Å². The number of hydrogen-bond donors (Lipinski definition) is 0. The summed E-state index contributed by atoms with van der Waals surface area (Å²) in [4.78, 5) is 90.6. The third-order valence-corrected chi connectivity index (χ3v) is 8.29. The first-order valence-corrected chi connectivity index (χ1v) is 15.6. The van der Waals surface area contributed by atoms with Gasteiger partial charge in [0.2, 0.25) is 12.9 Å². The van der Waals surface area contributed by atoms with Crippen molar-refractivity contribution in [2.75, 3.05) is 19.9 Å². The normalized spacial score (nSPS) is 29.0. The highest BCUT2D eigenvalue weighted by Gasteiger charge is 2.55. The Morgan fingerprint density at radius 3 is 2.04 bits per heavy atom. The van der Waals surface area contributed by atoms with Crippen molar-refractivity contribution in [2.45, 2.75) is 103 Å². The van der Waals surface area contributed by atoms with Crippen molar-refractivity contribution in [1.29, 1.82) is 0 Å². The number of carbonyl (C=O) groups excluding carboxylic acids is 7. The number of ether oxygens (including phenoxy) is 9. The van der Waals surface area contributed by atoms with E-state index in [2.05, 4.69) is 0 Å². The first kappa shape index (κ1) is 35.5. The van der Waals surface area contributed by atoms with Crippen molar-refractivity contribution >= 4 is 41.5 Å². The number of nitrogens with zero attached hydrogens (tertiary/aromatic N) is 1. The average molecular weight is 692 g/mol. The van der Waals surface area contributed by atoms with Gasteiger partial charge in [-0.25, -0.2) is 0 Å². The Morgan fingerprint density at radius 1 is 0.796 bits per heavy atom. The Balaban J connectivity index is 1.55. The van der Waals surface area contributed by atoms with E-state index in [-0.39, 0.29) is 32.1 Å². The Labute approximate surface area is 280 Å². The Kier molecular flexibility index (Phi) is 10.7. The number of benzene rings is 1. The summed E-state index contributed by atoms with van der Waals surface area (Å²) in [6, 6.07) is 3.44. The van der Waals surface area contributed by atoms with E-state index < -0.39 is 97.6 Å². The minimum Gasteiger partial charge on any atom is -0.463 e. The quantitative estimate of drug-likeness (QED) is 0.270. The zero-order chi connectivity index (χ0) is 35.6. The maximum Gasteiger partial charge on any atom is 0.303 e. The molecule has 0 unspecified atom stereocenters. The van der Waals surface area contributed by atoms with Gasteiger partial charge in [-0.15, -0.1) is 0 Å². The van der Waals surface area contributed by atoms with Crippen LogP contribution in [0.4, 0.5) is 0 Å². The molecule has 2 bridgehead atoms. The van der Waals surface area contributed by atoms with Gasteiger partial charge in [0.25, 0.3) is 5.91 Å². The van der Waals surface area contributed by atoms with E-state index in [0.29, 0.717) is 22.6 Å². The first-order chi connectivity index (χ1) is 23.2. The summed E-state index contributed by atoms with van der Waals surface area (Å²) >= 11 is 0. The molecule has 2 fully saturated rings. The van der Waals surface area contributed by atoms with Crippen molar-refractivity contribution < 1.29 is 76.2 Å². The van der Waals surface area contributed by atoms with E-state index in [4.69, 9.17) is 42.6 Å². The van der Waals surface area contributed by atoms with Gasteiger partial charge in [-0.1, -0.05) is 0 Å². The summed E-state index contributed by atoms with van der Waals surface area (Å²) in [5, 5.41) is 0. The summed E-state index contributed by atoms with van der Waals surface area (Å²) in [6.07, 6.45) is -11.2. The molecule has 0 radical (unpaired) electrons. The Morgan fingerprint density at radius 2 is 1.41 bits per heavy atom. The van der Waals surface area contributed by atoms with Crippen LogP contribution in [0.2, 0.25) is 0 Å². The smallest absolute Gasteiger partial charge is 0.303 e. The molecule has 4 aliphatic heterocycles. The second kappa shape index (κ2) is 14.8. The minimum atomic E-state index is -1.74. The van der Waals surface area contributed by atoms with Crippen LogP contribution in [-0.2, 0) is 73.3 Å². The predicted molar refractivity (Wildman–Crippen MR) is 157 cm³/mol. The molecule has 8 atom stereocenters. The van der Waals surface area contributed by atoms with Gasteiger partial charge in [0, 0.05) is 60.0 Å². The van der Waals surface area contributed by atoms with Crippen LogP contribution < -0.4 is 9.47 Å². The molecule has 49 heavy (non-hydrogen) atoms. The Bertz CT molecular complexity index is 1520. The van der Waals surface area contributed by atoms with Gasteiger partial charge in [-0.05, 0) is 29.7 Å². The number of carbonyl (C=O) groups is 7. The molecule has 4 heterocycles. The molecule has 4 aliphatic rings. The molecule has 266 valence electrons. The molecule has 17 heteroatoms. The topological polar surface area (TPSA) is 206 Å². The maximum absolute atomic E-state index is 14.2. The summed E-state index contributed by atoms with van der Waals surface area (Å²) in [6.45, 7) is 5.06. The summed E-state index contributed by atoms with van der Waals surface area (Å²) in [5.74, 6) is -4.99. The third kappa shape index (κ3) is 8.10. The third-order valence-electron chi connectivity index (χ3n) is 8.29. The summed E-state index contributed by atoms with van der Waals surface area (Å²) in [7, 11) is 0. The lowest BCUT2D eigenvalue weighted by molar-refractivity contribution is -0.321. The van der Waals surface area contributed by atoms with Crippen LogP contribution in [0.15, 0.2) is 12.1 Å². The molecule has 0 aromatic heterocycles. The number of esters is 5. The van der Waals surface area contributed by atoms with Gasteiger partial charge in [-0.3, -0.25) is 33.6 Å². The van der Waals surface area contributed by atoms with Crippen LogP contribution in [0.25, 0.3) is 0 Å². The van der Waals surface area contributed by atoms with Crippen LogP contribution in [0.1, 0.15) is 64.5 Å². The lowest BCUT2D eigenvalue weighted by Gasteiger charge is -2.45. The van der Waals surface area contributed by atoms with E-state index >= 15 is 0 Å². The highest BCUT2D eigenvalue weighted by atomic mass is 16.7. The second-order valence-corrected chi connectivity index (χ2v) is 11.9. The molecule has 1 amide bonds. The molecule has 0 spiro atoms. The van der Waals surface area contributed by atoms with Gasteiger partial charge in [0.05, 0.1) is 0 Å². The van der Waals surface area contributed by atoms with Crippen LogP contribution in [0.3, 0.4) is 0 Å². The van der Waals surface area contributed by atoms with E-state index in [1.54, 1.807) is 12.1 Å². The standard InChI is InChI=1S/C32H37NO16/c1-14(34)41-12-26-27(44-15(2)35)29(46-17(4)37)30(47-18(5)38)32(49-26)48-25-10-22(39)20-6-7-33(31(40)28(25)45-16(3)36)11-19-8-23-24(9-21(19)20)43-13-42-23/h8-9,20,25-30,32H,6-7,10-13H2,1-5H3/t20-,25+,26+,27+,28-,29-,30+,32+/m0/s1. The monoisotopic (exact) mass is 691 g/mol. The largest absolute Gasteiger partial charge is 0.463 e. The minimum absolute atomic E-state index is 0.0000853. The van der Waals surface area contributed by atoms with Crippen LogP contribution in [-0.4, -0.2) is 109 Å². The number of amides is 1. The second-order valence-electron chi connectivity index (χ2n) is 11.9. The van der Waals surface area contributed by atoms with Crippen molar-refractivity contribution in [3.63, 3.8) is 0 Å². The van der Waals surface area contributed by atoms with Crippen LogP contribution in [0.5, 0.6) is 11.5 Å². The number of rotatable bonds is 8. The van der Waals surface area contributed by atoms with Gasteiger partial charge in [0.15, 0.2) is 36.1 Å². The molecule has 17 nitrogen and oxygen atoms in total. The molecule has 1 aromatic carbocycles. The maximum atomic E-state index is 14.2. The lowest BCUT2D eigenvalue weighted by Crippen LogP contribution is -2.64. The number of ketones is 1. The van der Waals surface area contributed by atoms with Gasteiger partial charge >= 0.3 is 29.8 Å². The zero-order valence-corrected chi connectivity index (χ0v) is 27.5. The molecule has 0 aliphatic carbocycles. The van der Waals surface area contributed by atoms with E-state index in [0.717, 1.165) is 34.6 Å². The molecular weight excluding hydrogens is 654 g/mol. The van der Waals surface area contributed by atoms with Crippen molar-refractivity contribution in [1.82, 2.24) is 4.90 Å². The van der Waals surface area contributed by atoms with E-state index in [1.807, 2.05) is 0 Å². The predicted octanol–water partition coefficient (Wildman–Crippen LogP) is 0.604. The first-order valence-electron chi connectivity index (χ1n) is 15.6. The van der Waals surface area contributed by atoms with Gasteiger partial charge < -0.3 is 47.5 Å². The number of fused-ring (bicyclic) bond motifs is 6. The molecule has 5 rings (SSSR count). The summed E-state index contributed by atoms with van der Waals surface area (Å²) in [5.41, 5.74) is 1.30. The number of Topliss-reactive ketones (excluding diaryl/α,β-unsaturated/α-hetero) is 1. The SMILES string of the molecule is CC(=O)OC[C@H]1O[C@@H](O[C@@H]2CC(=O)[C@H]3CCN(Cc4cc5c(cc43)OCO5)C(=O)[C@H]2OC(C)=O)[C@H](OC(C)=O)[C@@H](OC(C)=O)[C@@H]1OC(C)=O. The van der Waals surface area contributed by atoms with Gasteiger partial charge in [-0.2, -0.15) is 0 Å². The fourth-order valence-corrected chi connectivity index (χ4v) is 6.39. The van der Waals surface area contributed by atoms with Crippen LogP contribution >= 0.6 is 0 Å². The fourth-order valence-electron chi connectivity index (χ4n) is 6.39. The Hall–Kier alpha value is -4.77. The van der Waals surface area contributed by atoms with Crippen LogP contribution in [0, 0.1) is 0 Å². The molecule has 1 aromatic rings. The highest BCUT2D eigenvalue weighted by Crippen LogP contribution is 2.42. The number of hydrogen-bond acceptors (Lipinski definition) is 16. The van der Waals surface area contributed by atoms with E-state index in [9.17, 15) is 33.6 Å².